The summed E-state index contributed by atoms with van der Waals surface area (Å²) in [4.78, 5) is 4.12. The third-order valence-electron chi connectivity index (χ3n) is 1.78. The maximum Gasteiger partial charge on any atom is 0.0663 e. The van der Waals surface area contributed by atoms with Crippen molar-refractivity contribution in [3.63, 3.8) is 0 Å². The molecule has 0 aromatic carbocycles. The van der Waals surface area contributed by atoms with E-state index in [1.165, 1.54) is 11.1 Å². The van der Waals surface area contributed by atoms with Gasteiger partial charge in [-0.1, -0.05) is 0 Å². The third kappa shape index (κ3) is 0.856. The van der Waals surface area contributed by atoms with Crippen molar-refractivity contribution < 1.29 is 0 Å². The zero-order valence-corrected chi connectivity index (χ0v) is 5.72. The van der Waals surface area contributed by atoms with Crippen molar-refractivity contribution >= 4 is 6.21 Å². The summed E-state index contributed by atoms with van der Waals surface area (Å²) in [6.07, 6.45) is 8.18. The fraction of sp³-hybridized carbons (Fsp3) is 0.375. The molecule has 0 spiro atoms. The molecule has 0 aromatic heterocycles. The lowest BCUT2D eigenvalue weighted by atomic mass is 10.00. The largest absolute Gasteiger partial charge is 0.383 e. The van der Waals surface area contributed by atoms with Crippen LogP contribution in [0.3, 0.4) is 0 Å². The molecular formula is C8H9N2. The van der Waals surface area contributed by atoms with Gasteiger partial charge in [0, 0.05) is 18.3 Å². The van der Waals surface area contributed by atoms with Crippen molar-refractivity contribution in [2.24, 2.45) is 4.99 Å². The maximum atomic E-state index is 4.12. The van der Waals surface area contributed by atoms with E-state index in [0.29, 0.717) is 0 Å². The van der Waals surface area contributed by atoms with Crippen molar-refractivity contribution in [3.05, 3.63) is 23.4 Å². The Morgan fingerprint density at radius 1 is 1.60 bits per heavy atom. The Morgan fingerprint density at radius 3 is 3.50 bits per heavy atom. The van der Waals surface area contributed by atoms with Crippen LogP contribution in [0.1, 0.15) is 6.42 Å². The number of allylic oxidation sites excluding steroid dienone is 1. The molecule has 0 aliphatic carbocycles. The van der Waals surface area contributed by atoms with Crippen LogP contribution in [0.4, 0.5) is 0 Å². The third-order valence-corrected chi connectivity index (χ3v) is 1.78. The van der Waals surface area contributed by atoms with Gasteiger partial charge in [-0.25, -0.2) is 0 Å². The molecule has 1 N–H and O–H groups in total. The minimum atomic E-state index is 0.804. The minimum absolute atomic E-state index is 0.804. The van der Waals surface area contributed by atoms with E-state index in [1.807, 2.05) is 6.21 Å². The zero-order valence-electron chi connectivity index (χ0n) is 5.72. The molecule has 2 aliphatic heterocycles. The molecule has 0 saturated heterocycles. The van der Waals surface area contributed by atoms with Gasteiger partial charge in [0.15, 0.2) is 0 Å². The summed E-state index contributed by atoms with van der Waals surface area (Å²) >= 11 is 0. The second kappa shape index (κ2) is 2.29. The highest BCUT2D eigenvalue weighted by molar-refractivity contribution is 5.75. The highest BCUT2D eigenvalue weighted by Crippen LogP contribution is 2.17. The quantitative estimate of drug-likeness (QED) is 0.516. The lowest BCUT2D eigenvalue weighted by molar-refractivity contribution is 0.757. The van der Waals surface area contributed by atoms with Crippen molar-refractivity contribution in [2.45, 2.75) is 6.42 Å². The SMILES string of the molecule is [C]1=C2CN=CC=C2CCN1. The summed E-state index contributed by atoms with van der Waals surface area (Å²) in [6.45, 7) is 1.82. The molecule has 0 bridgehead atoms. The monoisotopic (exact) mass is 133 g/mol. The van der Waals surface area contributed by atoms with Crippen LogP contribution in [0.25, 0.3) is 0 Å². The lowest BCUT2D eigenvalue weighted by Crippen LogP contribution is -2.19. The van der Waals surface area contributed by atoms with Crippen LogP contribution in [0.5, 0.6) is 0 Å². The van der Waals surface area contributed by atoms with E-state index in [-0.39, 0.29) is 0 Å². The number of aliphatic imine (C=N–C) groups is 1. The first-order valence-corrected chi connectivity index (χ1v) is 3.51. The molecule has 0 aromatic rings. The van der Waals surface area contributed by atoms with Crippen molar-refractivity contribution in [1.82, 2.24) is 5.32 Å². The van der Waals surface area contributed by atoms with E-state index < -0.39 is 0 Å². The first kappa shape index (κ1) is 5.71. The Hall–Kier alpha value is -1.05. The molecule has 2 nitrogen and oxygen atoms in total. The molecule has 51 valence electrons. The number of nitrogens with zero attached hydrogens (tertiary/aromatic N) is 1. The molecule has 2 aliphatic rings. The van der Waals surface area contributed by atoms with E-state index in [2.05, 4.69) is 22.6 Å². The maximum absolute atomic E-state index is 4.12. The van der Waals surface area contributed by atoms with E-state index in [4.69, 9.17) is 0 Å². The predicted octanol–water partition coefficient (Wildman–Crippen LogP) is 0.678. The smallest absolute Gasteiger partial charge is 0.0663 e. The van der Waals surface area contributed by atoms with Crippen LogP contribution in [0, 0.1) is 6.20 Å². The second-order valence-electron chi connectivity index (χ2n) is 2.46. The fourth-order valence-electron chi connectivity index (χ4n) is 1.21. The van der Waals surface area contributed by atoms with E-state index >= 15 is 0 Å². The van der Waals surface area contributed by atoms with Gasteiger partial charge < -0.3 is 5.32 Å². The number of hydrogen-bond donors (Lipinski definition) is 1. The van der Waals surface area contributed by atoms with Crippen LogP contribution in [0.15, 0.2) is 22.2 Å². The van der Waals surface area contributed by atoms with E-state index in [0.717, 1.165) is 19.5 Å². The summed E-state index contributed by atoms with van der Waals surface area (Å²) in [5.74, 6) is 0. The number of rotatable bonds is 0. The fourth-order valence-corrected chi connectivity index (χ4v) is 1.21. The second-order valence-corrected chi connectivity index (χ2v) is 2.46. The van der Waals surface area contributed by atoms with E-state index in [9.17, 15) is 0 Å². The molecule has 0 fully saturated rings. The number of dihydropyridines is 1. The highest BCUT2D eigenvalue weighted by Gasteiger charge is 2.10. The summed E-state index contributed by atoms with van der Waals surface area (Å²) in [5.41, 5.74) is 2.63. The van der Waals surface area contributed by atoms with Gasteiger partial charge in [-0.3, -0.25) is 4.99 Å². The van der Waals surface area contributed by atoms with Gasteiger partial charge in [0.05, 0.1) is 12.7 Å². The molecule has 0 amide bonds. The van der Waals surface area contributed by atoms with Crippen LogP contribution >= 0.6 is 0 Å². The van der Waals surface area contributed by atoms with Gasteiger partial charge in [-0.05, 0) is 18.1 Å². The molecule has 2 heteroatoms. The summed E-state index contributed by atoms with van der Waals surface area (Å²) < 4.78 is 0. The Balaban J connectivity index is 2.32. The topological polar surface area (TPSA) is 24.4 Å². The van der Waals surface area contributed by atoms with Crippen LogP contribution in [0.2, 0.25) is 0 Å². The van der Waals surface area contributed by atoms with E-state index in [1.54, 1.807) is 0 Å². The summed E-state index contributed by atoms with van der Waals surface area (Å²) in [5, 5.41) is 3.08. The summed E-state index contributed by atoms with van der Waals surface area (Å²) in [6, 6.07) is 0. The number of nitrogens with one attached hydrogen (secondary N) is 1. The Morgan fingerprint density at radius 2 is 2.60 bits per heavy atom. The Bertz CT molecular complexity index is 223. The first-order chi connectivity index (χ1) is 4.97. The standard InChI is InChI=1S/C8H9N2/c1-3-9-5-8-6-10-4-2-7(1)8/h1,3,10H,2,4-5H2. The number of hydrogen-bond acceptors (Lipinski definition) is 2. The molecule has 0 atom stereocenters. The number of fused-ring (bicyclic) bond motifs is 1. The average Bonchev–Trinajstić information content (AvgIpc) is 2.05. The zero-order chi connectivity index (χ0) is 6.81. The van der Waals surface area contributed by atoms with Crippen LogP contribution < -0.4 is 5.32 Å². The van der Waals surface area contributed by atoms with Crippen molar-refractivity contribution in [1.29, 1.82) is 0 Å². The molecule has 2 heterocycles. The molecule has 10 heavy (non-hydrogen) atoms. The molecule has 0 unspecified atom stereocenters. The van der Waals surface area contributed by atoms with Gasteiger partial charge in [0.2, 0.25) is 0 Å². The Labute approximate surface area is 60.3 Å². The average molecular weight is 133 g/mol. The van der Waals surface area contributed by atoms with Crippen molar-refractivity contribution in [2.75, 3.05) is 13.1 Å². The van der Waals surface area contributed by atoms with Gasteiger partial charge in [-0.2, -0.15) is 0 Å². The van der Waals surface area contributed by atoms with Gasteiger partial charge in [-0.15, -0.1) is 0 Å². The van der Waals surface area contributed by atoms with Gasteiger partial charge >= 0.3 is 0 Å². The lowest BCUT2D eigenvalue weighted by Gasteiger charge is -2.17. The molecule has 1 radical (unpaired) electrons. The molecule has 2 rings (SSSR count). The van der Waals surface area contributed by atoms with Crippen LogP contribution in [-0.2, 0) is 0 Å². The van der Waals surface area contributed by atoms with Crippen LogP contribution in [-0.4, -0.2) is 19.3 Å². The molecule has 0 saturated carbocycles. The Kier molecular flexibility index (Phi) is 1.31. The predicted molar refractivity (Wildman–Crippen MR) is 40.8 cm³/mol. The summed E-state index contributed by atoms with van der Waals surface area (Å²) in [7, 11) is 0. The highest BCUT2D eigenvalue weighted by atomic mass is 14.9. The minimum Gasteiger partial charge on any atom is -0.383 e. The van der Waals surface area contributed by atoms with Gasteiger partial charge in [0.25, 0.3) is 0 Å². The molecular weight excluding hydrogens is 124 g/mol. The van der Waals surface area contributed by atoms with Gasteiger partial charge in [0.1, 0.15) is 0 Å². The normalized spacial score (nSPS) is 22.4. The van der Waals surface area contributed by atoms with Crippen molar-refractivity contribution in [3.8, 4) is 0 Å². The first-order valence-electron chi connectivity index (χ1n) is 3.51.